The molecule has 0 amide bonds. The summed E-state index contributed by atoms with van der Waals surface area (Å²) in [5.41, 5.74) is 1.15. The molecule has 2 aromatic rings. The molecule has 1 aromatic carbocycles. The lowest BCUT2D eigenvalue weighted by atomic mass is 10.1. The fourth-order valence-electron chi connectivity index (χ4n) is 2.53. The van der Waals surface area contributed by atoms with Crippen LogP contribution < -0.4 is 9.64 Å². The molecule has 5 heteroatoms. The molecule has 0 aliphatic carbocycles. The Kier molecular flexibility index (Phi) is 4.66. The van der Waals surface area contributed by atoms with Crippen molar-refractivity contribution in [2.24, 2.45) is 0 Å². The van der Waals surface area contributed by atoms with Gasteiger partial charge in [0.1, 0.15) is 11.9 Å². The number of para-hydroxylation sites is 1. The van der Waals surface area contributed by atoms with Gasteiger partial charge in [0.05, 0.1) is 16.9 Å². The highest BCUT2D eigenvalue weighted by atomic mass is 79.9. The van der Waals surface area contributed by atoms with Crippen molar-refractivity contribution in [2.45, 2.75) is 18.9 Å². The summed E-state index contributed by atoms with van der Waals surface area (Å²) in [5.74, 6) is 0.779. The minimum Gasteiger partial charge on any atom is -0.489 e. The fourth-order valence-corrected chi connectivity index (χ4v) is 3.06. The molecular formula is C16H16BrClN2O. The Balaban J connectivity index is 1.59. The van der Waals surface area contributed by atoms with E-state index in [1.807, 2.05) is 30.5 Å². The first kappa shape index (κ1) is 14.7. The van der Waals surface area contributed by atoms with E-state index in [9.17, 15) is 0 Å². The van der Waals surface area contributed by atoms with Crippen molar-refractivity contribution in [3.05, 3.63) is 52.2 Å². The zero-order valence-corrected chi connectivity index (χ0v) is 13.8. The average molecular weight is 368 g/mol. The Bertz CT molecular complexity index is 615. The van der Waals surface area contributed by atoms with Gasteiger partial charge >= 0.3 is 0 Å². The topological polar surface area (TPSA) is 25.4 Å². The van der Waals surface area contributed by atoms with Crippen LogP contribution in [0.4, 0.5) is 5.69 Å². The van der Waals surface area contributed by atoms with Crippen LogP contribution in [0.25, 0.3) is 0 Å². The molecule has 0 unspecified atom stereocenters. The maximum Gasteiger partial charge on any atom is 0.138 e. The molecule has 1 aliphatic heterocycles. The number of hydrogen-bond donors (Lipinski definition) is 0. The predicted molar refractivity (Wildman–Crippen MR) is 89.3 cm³/mol. The Morgan fingerprint density at radius 1 is 1.19 bits per heavy atom. The highest BCUT2D eigenvalue weighted by Gasteiger charge is 2.21. The molecule has 3 rings (SSSR count). The van der Waals surface area contributed by atoms with E-state index < -0.39 is 0 Å². The van der Waals surface area contributed by atoms with Crippen LogP contribution in [0.2, 0.25) is 5.02 Å². The van der Waals surface area contributed by atoms with Gasteiger partial charge in [0.15, 0.2) is 0 Å². The third-order valence-corrected chi connectivity index (χ3v) is 4.37. The monoisotopic (exact) mass is 366 g/mol. The van der Waals surface area contributed by atoms with E-state index in [1.54, 1.807) is 6.20 Å². The van der Waals surface area contributed by atoms with Crippen LogP contribution in [0.15, 0.2) is 47.2 Å². The van der Waals surface area contributed by atoms with Crippen LogP contribution in [0.5, 0.6) is 5.75 Å². The molecule has 110 valence electrons. The van der Waals surface area contributed by atoms with E-state index in [2.05, 4.69) is 31.9 Å². The number of rotatable bonds is 3. The van der Waals surface area contributed by atoms with Crippen molar-refractivity contribution in [3.63, 3.8) is 0 Å². The third-order valence-electron chi connectivity index (χ3n) is 3.63. The van der Waals surface area contributed by atoms with Gasteiger partial charge in [0.2, 0.25) is 0 Å². The minimum absolute atomic E-state index is 0.223. The van der Waals surface area contributed by atoms with E-state index >= 15 is 0 Å². The van der Waals surface area contributed by atoms with Crippen LogP contribution in [0.3, 0.4) is 0 Å². The normalized spacial score (nSPS) is 16.0. The number of halogens is 2. The highest BCUT2D eigenvalue weighted by Crippen LogP contribution is 2.28. The molecule has 0 spiro atoms. The van der Waals surface area contributed by atoms with E-state index in [0.29, 0.717) is 5.02 Å². The van der Waals surface area contributed by atoms with Crippen LogP contribution in [0, 0.1) is 0 Å². The number of piperidine rings is 1. The second kappa shape index (κ2) is 6.67. The average Bonchev–Trinajstić information content (AvgIpc) is 2.50. The van der Waals surface area contributed by atoms with Gasteiger partial charge in [-0.1, -0.05) is 23.7 Å². The van der Waals surface area contributed by atoms with Gasteiger partial charge in [0, 0.05) is 36.6 Å². The van der Waals surface area contributed by atoms with Gasteiger partial charge in [-0.05, 0) is 34.1 Å². The van der Waals surface area contributed by atoms with Crippen LogP contribution in [-0.2, 0) is 0 Å². The molecule has 0 bridgehead atoms. The molecule has 0 saturated carbocycles. The molecule has 1 saturated heterocycles. The van der Waals surface area contributed by atoms with E-state index in [4.69, 9.17) is 16.3 Å². The number of nitrogens with zero attached hydrogens (tertiary/aromatic N) is 2. The molecule has 0 radical (unpaired) electrons. The van der Waals surface area contributed by atoms with Crippen molar-refractivity contribution in [1.82, 2.24) is 4.98 Å². The molecular weight excluding hydrogens is 352 g/mol. The van der Waals surface area contributed by atoms with Crippen molar-refractivity contribution in [2.75, 3.05) is 18.0 Å². The maximum atomic E-state index is 6.14. The van der Waals surface area contributed by atoms with Gasteiger partial charge in [-0.25, -0.2) is 0 Å². The summed E-state index contributed by atoms with van der Waals surface area (Å²) >= 11 is 9.60. The SMILES string of the molecule is Clc1ccccc1OC1CCN(c2cncc(Br)c2)CC1. The second-order valence-corrected chi connectivity index (χ2v) is 6.42. The third kappa shape index (κ3) is 3.69. The van der Waals surface area contributed by atoms with Crippen molar-refractivity contribution in [1.29, 1.82) is 0 Å². The molecule has 0 atom stereocenters. The number of anilines is 1. The largest absolute Gasteiger partial charge is 0.489 e. The lowest BCUT2D eigenvalue weighted by Crippen LogP contribution is -2.38. The van der Waals surface area contributed by atoms with E-state index in [-0.39, 0.29) is 6.10 Å². The molecule has 0 N–H and O–H groups in total. The Hall–Kier alpha value is -1.26. The minimum atomic E-state index is 0.223. The van der Waals surface area contributed by atoms with Gasteiger partial charge in [0.25, 0.3) is 0 Å². The molecule has 3 nitrogen and oxygen atoms in total. The summed E-state index contributed by atoms with van der Waals surface area (Å²) in [7, 11) is 0. The summed E-state index contributed by atoms with van der Waals surface area (Å²) in [4.78, 5) is 6.56. The zero-order valence-electron chi connectivity index (χ0n) is 11.5. The van der Waals surface area contributed by atoms with Gasteiger partial charge in [-0.2, -0.15) is 0 Å². The predicted octanol–water partition coefficient (Wildman–Crippen LogP) is 4.55. The van der Waals surface area contributed by atoms with Gasteiger partial charge in [-0.15, -0.1) is 0 Å². The van der Waals surface area contributed by atoms with Crippen LogP contribution in [-0.4, -0.2) is 24.2 Å². The van der Waals surface area contributed by atoms with E-state index in [1.165, 1.54) is 0 Å². The number of ether oxygens (including phenoxy) is 1. The number of hydrogen-bond acceptors (Lipinski definition) is 3. The fraction of sp³-hybridized carbons (Fsp3) is 0.312. The van der Waals surface area contributed by atoms with Crippen molar-refractivity contribution < 1.29 is 4.74 Å². The first-order valence-corrected chi connectivity index (χ1v) is 8.16. The van der Waals surface area contributed by atoms with Crippen molar-refractivity contribution in [3.8, 4) is 5.75 Å². The summed E-state index contributed by atoms with van der Waals surface area (Å²) in [6.07, 6.45) is 5.90. The molecule has 21 heavy (non-hydrogen) atoms. The standard InChI is InChI=1S/C16H16BrClN2O/c17-12-9-13(11-19-10-12)20-7-5-14(6-8-20)21-16-4-2-1-3-15(16)18/h1-4,9-11,14H,5-8H2. The quantitative estimate of drug-likeness (QED) is 0.796. The number of benzene rings is 1. The molecule has 1 fully saturated rings. The molecule has 1 aliphatic rings. The summed E-state index contributed by atoms with van der Waals surface area (Å²) in [6.45, 7) is 1.93. The first-order chi connectivity index (χ1) is 10.2. The smallest absolute Gasteiger partial charge is 0.138 e. The Labute approximate surface area is 138 Å². The van der Waals surface area contributed by atoms with Crippen LogP contribution >= 0.6 is 27.5 Å². The lowest BCUT2D eigenvalue weighted by Gasteiger charge is -2.33. The van der Waals surface area contributed by atoms with Gasteiger partial charge < -0.3 is 9.64 Å². The highest BCUT2D eigenvalue weighted by molar-refractivity contribution is 9.10. The first-order valence-electron chi connectivity index (χ1n) is 6.99. The second-order valence-electron chi connectivity index (χ2n) is 5.10. The van der Waals surface area contributed by atoms with E-state index in [0.717, 1.165) is 41.8 Å². The summed E-state index contributed by atoms with van der Waals surface area (Å²) in [5, 5.41) is 0.677. The van der Waals surface area contributed by atoms with Crippen molar-refractivity contribution >= 4 is 33.2 Å². The Morgan fingerprint density at radius 3 is 2.67 bits per heavy atom. The summed E-state index contributed by atoms with van der Waals surface area (Å²) in [6, 6.07) is 9.75. The number of pyridine rings is 1. The maximum absolute atomic E-state index is 6.14. The molecule has 1 aromatic heterocycles. The molecule has 2 heterocycles. The lowest BCUT2D eigenvalue weighted by molar-refractivity contribution is 0.171. The van der Waals surface area contributed by atoms with Gasteiger partial charge in [-0.3, -0.25) is 4.98 Å². The zero-order chi connectivity index (χ0) is 14.7. The number of aromatic nitrogens is 1. The Morgan fingerprint density at radius 2 is 1.95 bits per heavy atom. The summed E-state index contributed by atoms with van der Waals surface area (Å²) < 4.78 is 7.02. The van der Waals surface area contributed by atoms with Crippen LogP contribution in [0.1, 0.15) is 12.8 Å².